The Balaban J connectivity index is 1.44. The number of thiophene rings is 1. The number of amides is 2. The molecule has 6 heteroatoms. The van der Waals surface area contributed by atoms with Crippen LogP contribution >= 0.6 is 11.3 Å². The van der Waals surface area contributed by atoms with E-state index in [2.05, 4.69) is 5.32 Å². The molecule has 1 atom stereocenters. The summed E-state index contributed by atoms with van der Waals surface area (Å²) < 4.78 is 13.1. The molecule has 2 amide bonds. The molecule has 0 saturated heterocycles. The van der Waals surface area contributed by atoms with Gasteiger partial charge in [0.1, 0.15) is 5.82 Å². The summed E-state index contributed by atoms with van der Waals surface area (Å²) in [5.41, 5.74) is 2.53. The van der Waals surface area contributed by atoms with Crippen molar-refractivity contribution in [3.63, 3.8) is 0 Å². The van der Waals surface area contributed by atoms with Crippen molar-refractivity contribution >= 4 is 23.2 Å². The van der Waals surface area contributed by atoms with Gasteiger partial charge in [0.05, 0.1) is 10.9 Å². The summed E-state index contributed by atoms with van der Waals surface area (Å²) in [5.74, 6) is -0.580. The van der Waals surface area contributed by atoms with Crippen LogP contribution in [0.25, 0.3) is 0 Å². The van der Waals surface area contributed by atoms with E-state index in [1.54, 1.807) is 4.90 Å². The van der Waals surface area contributed by atoms with Gasteiger partial charge in [-0.25, -0.2) is 4.39 Å². The third-order valence-corrected chi connectivity index (χ3v) is 6.35. The minimum Gasteiger partial charge on any atom is -0.345 e. The minimum absolute atomic E-state index is 0.0839. The van der Waals surface area contributed by atoms with Crippen LogP contribution in [0.1, 0.15) is 49.0 Å². The molecule has 0 bridgehead atoms. The number of hydrogen-bond acceptors (Lipinski definition) is 3. The SMILES string of the molecule is CC(NC(=O)c1cc2c(s1)CCN(C(=O)c1ccc(F)cc1)C2)c1ccccc1. The van der Waals surface area contributed by atoms with Crippen LogP contribution in [0.3, 0.4) is 0 Å². The first kappa shape index (κ1) is 19.3. The minimum atomic E-state index is -0.360. The van der Waals surface area contributed by atoms with Crippen molar-refractivity contribution in [1.29, 1.82) is 0 Å². The van der Waals surface area contributed by atoms with Crippen LogP contribution in [-0.4, -0.2) is 23.3 Å². The number of nitrogens with one attached hydrogen (secondary N) is 1. The van der Waals surface area contributed by atoms with Crippen molar-refractivity contribution in [2.45, 2.75) is 25.9 Å². The Kier molecular flexibility index (Phi) is 5.45. The van der Waals surface area contributed by atoms with Gasteiger partial charge in [-0.3, -0.25) is 9.59 Å². The number of benzene rings is 2. The molecule has 4 nitrogen and oxygen atoms in total. The summed E-state index contributed by atoms with van der Waals surface area (Å²) >= 11 is 1.49. The summed E-state index contributed by atoms with van der Waals surface area (Å²) in [6.07, 6.45) is 0.717. The van der Waals surface area contributed by atoms with Gasteiger partial charge < -0.3 is 10.2 Å². The molecule has 2 aromatic carbocycles. The van der Waals surface area contributed by atoms with Gasteiger partial charge in [-0.15, -0.1) is 11.3 Å². The maximum atomic E-state index is 13.1. The quantitative estimate of drug-likeness (QED) is 0.687. The predicted octanol–water partition coefficient (Wildman–Crippen LogP) is 4.58. The smallest absolute Gasteiger partial charge is 0.261 e. The van der Waals surface area contributed by atoms with Crippen molar-refractivity contribution in [1.82, 2.24) is 10.2 Å². The average Bonchev–Trinajstić information content (AvgIpc) is 3.18. The van der Waals surface area contributed by atoms with Crippen LogP contribution in [0, 0.1) is 5.82 Å². The highest BCUT2D eigenvalue weighted by atomic mass is 32.1. The molecule has 0 saturated carbocycles. The Morgan fingerprint density at radius 1 is 1.10 bits per heavy atom. The zero-order chi connectivity index (χ0) is 20.4. The Morgan fingerprint density at radius 3 is 2.55 bits per heavy atom. The molecule has 1 aliphatic heterocycles. The van der Waals surface area contributed by atoms with Crippen molar-refractivity contribution in [2.24, 2.45) is 0 Å². The second kappa shape index (κ2) is 8.17. The lowest BCUT2D eigenvalue weighted by atomic mass is 10.1. The summed E-state index contributed by atoms with van der Waals surface area (Å²) in [5, 5.41) is 3.04. The Labute approximate surface area is 173 Å². The zero-order valence-electron chi connectivity index (χ0n) is 16.0. The third-order valence-electron chi connectivity index (χ3n) is 5.12. The fraction of sp³-hybridized carbons (Fsp3) is 0.217. The molecular formula is C23H21FN2O2S. The van der Waals surface area contributed by atoms with Crippen LogP contribution in [-0.2, 0) is 13.0 Å². The molecule has 0 radical (unpaired) electrons. The monoisotopic (exact) mass is 408 g/mol. The number of rotatable bonds is 4. The van der Waals surface area contributed by atoms with Gasteiger partial charge >= 0.3 is 0 Å². The molecule has 0 spiro atoms. The van der Waals surface area contributed by atoms with Crippen molar-refractivity contribution in [3.05, 3.63) is 92.9 Å². The number of nitrogens with zero attached hydrogens (tertiary/aromatic N) is 1. The molecule has 0 aliphatic carbocycles. The van der Waals surface area contributed by atoms with E-state index in [4.69, 9.17) is 0 Å². The van der Waals surface area contributed by atoms with Gasteiger partial charge in [0, 0.05) is 23.5 Å². The Morgan fingerprint density at radius 2 is 1.83 bits per heavy atom. The zero-order valence-corrected chi connectivity index (χ0v) is 16.8. The molecule has 0 fully saturated rings. The van der Waals surface area contributed by atoms with Gasteiger partial charge in [-0.2, -0.15) is 0 Å². The first-order valence-electron chi connectivity index (χ1n) is 9.53. The maximum absolute atomic E-state index is 13.1. The molecule has 148 valence electrons. The van der Waals surface area contributed by atoms with Crippen molar-refractivity contribution in [3.8, 4) is 0 Å². The highest BCUT2D eigenvalue weighted by Gasteiger charge is 2.25. The van der Waals surface area contributed by atoms with E-state index in [9.17, 15) is 14.0 Å². The third kappa shape index (κ3) is 4.22. The lowest BCUT2D eigenvalue weighted by Crippen LogP contribution is -2.35. The van der Waals surface area contributed by atoms with Gasteiger partial charge in [0.15, 0.2) is 0 Å². The van der Waals surface area contributed by atoms with Gasteiger partial charge in [-0.1, -0.05) is 30.3 Å². The molecular weight excluding hydrogens is 387 g/mol. The lowest BCUT2D eigenvalue weighted by Gasteiger charge is -2.27. The fourth-order valence-electron chi connectivity index (χ4n) is 3.49. The van der Waals surface area contributed by atoms with Crippen LogP contribution in [0.4, 0.5) is 4.39 Å². The van der Waals surface area contributed by atoms with E-state index in [1.807, 2.05) is 43.3 Å². The number of carbonyl (C=O) groups is 2. The summed E-state index contributed by atoms with van der Waals surface area (Å²) in [7, 11) is 0. The second-order valence-electron chi connectivity index (χ2n) is 7.15. The fourth-order valence-corrected chi connectivity index (χ4v) is 4.55. The van der Waals surface area contributed by atoms with E-state index >= 15 is 0 Å². The van der Waals surface area contributed by atoms with E-state index in [0.29, 0.717) is 30.0 Å². The summed E-state index contributed by atoms with van der Waals surface area (Å²) in [6.45, 7) is 3.01. The molecule has 1 unspecified atom stereocenters. The summed E-state index contributed by atoms with van der Waals surface area (Å²) in [6, 6.07) is 17.2. The summed E-state index contributed by atoms with van der Waals surface area (Å²) in [4.78, 5) is 28.9. The normalized spacial score (nSPS) is 14.2. The molecule has 29 heavy (non-hydrogen) atoms. The maximum Gasteiger partial charge on any atom is 0.261 e. The topological polar surface area (TPSA) is 49.4 Å². The van der Waals surface area contributed by atoms with Gasteiger partial charge in [0.25, 0.3) is 11.8 Å². The Bertz CT molecular complexity index is 1030. The highest BCUT2D eigenvalue weighted by molar-refractivity contribution is 7.14. The van der Waals surface area contributed by atoms with Crippen LogP contribution in [0.15, 0.2) is 60.7 Å². The largest absolute Gasteiger partial charge is 0.345 e. The van der Waals surface area contributed by atoms with Crippen LogP contribution in [0.5, 0.6) is 0 Å². The molecule has 4 rings (SSSR count). The number of fused-ring (bicyclic) bond motifs is 1. The van der Waals surface area contributed by atoms with E-state index in [1.165, 1.54) is 35.6 Å². The molecule has 3 aromatic rings. The number of carbonyl (C=O) groups excluding carboxylic acids is 2. The Hall–Kier alpha value is -2.99. The van der Waals surface area contributed by atoms with Gasteiger partial charge in [-0.05, 0) is 54.8 Å². The number of halogens is 1. The van der Waals surface area contributed by atoms with Crippen LogP contribution in [0.2, 0.25) is 0 Å². The van der Waals surface area contributed by atoms with Gasteiger partial charge in [0.2, 0.25) is 0 Å². The molecule has 2 heterocycles. The highest BCUT2D eigenvalue weighted by Crippen LogP contribution is 2.29. The van der Waals surface area contributed by atoms with E-state index in [-0.39, 0.29) is 23.7 Å². The predicted molar refractivity (Wildman–Crippen MR) is 111 cm³/mol. The molecule has 1 N–H and O–H groups in total. The molecule has 1 aliphatic rings. The average molecular weight is 408 g/mol. The van der Waals surface area contributed by atoms with Crippen molar-refractivity contribution < 1.29 is 14.0 Å². The first-order chi connectivity index (χ1) is 14.0. The van der Waals surface area contributed by atoms with E-state index in [0.717, 1.165) is 16.0 Å². The standard InChI is InChI=1S/C23H21FN2O2S/c1-15(16-5-3-2-4-6-16)25-22(27)21-13-18-14-26(12-11-20(18)29-21)23(28)17-7-9-19(24)10-8-17/h2-10,13,15H,11-12,14H2,1H3,(H,25,27). The molecule has 1 aromatic heterocycles. The van der Waals surface area contributed by atoms with Crippen molar-refractivity contribution in [2.75, 3.05) is 6.54 Å². The number of hydrogen-bond donors (Lipinski definition) is 1. The second-order valence-corrected chi connectivity index (χ2v) is 8.29. The van der Waals surface area contributed by atoms with E-state index < -0.39 is 0 Å². The first-order valence-corrected chi connectivity index (χ1v) is 10.3. The lowest BCUT2D eigenvalue weighted by molar-refractivity contribution is 0.0735. The van der Waals surface area contributed by atoms with Crippen LogP contribution < -0.4 is 5.32 Å².